The average molecular weight is 287 g/mol. The van der Waals surface area contributed by atoms with Crippen molar-refractivity contribution in [2.75, 3.05) is 13.2 Å². The quantitative estimate of drug-likeness (QED) is 0.843. The van der Waals surface area contributed by atoms with Crippen LogP contribution < -0.4 is 5.32 Å². The van der Waals surface area contributed by atoms with E-state index in [-0.39, 0.29) is 12.5 Å². The van der Waals surface area contributed by atoms with Crippen LogP contribution in [0.4, 0.5) is 0 Å². The highest BCUT2D eigenvalue weighted by molar-refractivity contribution is 9.10. The van der Waals surface area contributed by atoms with Crippen molar-refractivity contribution >= 4 is 27.8 Å². The maximum Gasteiger partial charge on any atom is 0.340 e. The van der Waals surface area contributed by atoms with E-state index in [1.54, 1.807) is 19.2 Å². The fraction of sp³-hybridized carbons (Fsp3) is 0.300. The van der Waals surface area contributed by atoms with Gasteiger partial charge in [0.05, 0.1) is 5.56 Å². The third-order valence-corrected chi connectivity index (χ3v) is 2.08. The van der Waals surface area contributed by atoms with Gasteiger partial charge in [-0.1, -0.05) is 0 Å². The van der Waals surface area contributed by atoms with Crippen LogP contribution >= 0.6 is 15.9 Å². The summed E-state index contributed by atoms with van der Waals surface area (Å²) in [6, 6.07) is 1.58. The van der Waals surface area contributed by atoms with Crippen molar-refractivity contribution in [2.45, 2.75) is 6.92 Å². The predicted octanol–water partition coefficient (Wildman–Crippen LogP) is 1.14. The summed E-state index contributed by atoms with van der Waals surface area (Å²) in [7, 11) is 0. The van der Waals surface area contributed by atoms with Crippen LogP contribution in [0.2, 0.25) is 0 Å². The summed E-state index contributed by atoms with van der Waals surface area (Å²) >= 11 is 3.19. The van der Waals surface area contributed by atoms with Crippen LogP contribution in [0, 0.1) is 0 Å². The van der Waals surface area contributed by atoms with Gasteiger partial charge < -0.3 is 10.1 Å². The Balaban J connectivity index is 2.50. The van der Waals surface area contributed by atoms with Gasteiger partial charge in [0.1, 0.15) is 0 Å². The van der Waals surface area contributed by atoms with Crippen LogP contribution in [0.15, 0.2) is 22.9 Å². The van der Waals surface area contributed by atoms with Gasteiger partial charge in [-0.2, -0.15) is 0 Å². The second kappa shape index (κ2) is 6.22. The van der Waals surface area contributed by atoms with Crippen LogP contribution in [0.5, 0.6) is 0 Å². The number of ether oxygens (including phenoxy) is 1. The molecule has 1 N–H and O–H groups in total. The van der Waals surface area contributed by atoms with Gasteiger partial charge in [-0.05, 0) is 28.9 Å². The van der Waals surface area contributed by atoms with E-state index in [2.05, 4.69) is 26.2 Å². The molecule has 6 heteroatoms. The molecule has 0 atom stereocenters. The summed E-state index contributed by atoms with van der Waals surface area (Å²) in [5, 5.41) is 2.52. The second-order valence-electron chi connectivity index (χ2n) is 2.92. The molecule has 1 aromatic rings. The van der Waals surface area contributed by atoms with Crippen molar-refractivity contribution in [1.29, 1.82) is 0 Å². The first-order chi connectivity index (χ1) is 7.63. The lowest BCUT2D eigenvalue weighted by Gasteiger charge is -2.04. The van der Waals surface area contributed by atoms with Crippen LogP contribution in [0.3, 0.4) is 0 Å². The molecule has 5 nitrogen and oxygen atoms in total. The number of halogens is 1. The highest BCUT2D eigenvalue weighted by Gasteiger charge is 2.10. The first-order valence-electron chi connectivity index (χ1n) is 4.68. The normalized spacial score (nSPS) is 9.62. The van der Waals surface area contributed by atoms with Crippen LogP contribution in [-0.4, -0.2) is 30.0 Å². The van der Waals surface area contributed by atoms with Crippen molar-refractivity contribution in [1.82, 2.24) is 10.3 Å². The molecule has 0 fully saturated rings. The van der Waals surface area contributed by atoms with Gasteiger partial charge in [0.15, 0.2) is 6.61 Å². The molecule has 86 valence electrons. The van der Waals surface area contributed by atoms with Gasteiger partial charge in [-0.15, -0.1) is 0 Å². The number of rotatable bonds is 4. The summed E-state index contributed by atoms with van der Waals surface area (Å²) in [4.78, 5) is 26.3. The molecule has 0 unspecified atom stereocenters. The monoisotopic (exact) mass is 286 g/mol. The molecule has 16 heavy (non-hydrogen) atoms. The summed E-state index contributed by atoms with van der Waals surface area (Å²) in [6.45, 7) is 2.02. The summed E-state index contributed by atoms with van der Waals surface area (Å²) in [6.07, 6.45) is 2.94. The van der Waals surface area contributed by atoms with Gasteiger partial charge in [0.2, 0.25) is 0 Å². The Morgan fingerprint density at radius 1 is 1.50 bits per heavy atom. The Labute approximate surface area is 101 Å². The number of pyridine rings is 1. The Hall–Kier alpha value is -1.43. The Morgan fingerprint density at radius 3 is 2.88 bits per heavy atom. The van der Waals surface area contributed by atoms with Gasteiger partial charge in [0, 0.05) is 23.4 Å². The molecule has 0 spiro atoms. The minimum atomic E-state index is -0.569. The van der Waals surface area contributed by atoms with E-state index in [9.17, 15) is 9.59 Å². The van der Waals surface area contributed by atoms with E-state index >= 15 is 0 Å². The number of amides is 1. The SMILES string of the molecule is CCNC(=O)COC(=O)c1cncc(Br)c1. The summed E-state index contributed by atoms with van der Waals surface area (Å²) < 4.78 is 5.47. The van der Waals surface area contributed by atoms with Crippen molar-refractivity contribution in [3.05, 3.63) is 28.5 Å². The maximum atomic E-state index is 11.4. The third kappa shape index (κ3) is 3.98. The van der Waals surface area contributed by atoms with E-state index in [4.69, 9.17) is 4.74 Å². The Kier molecular flexibility index (Phi) is 4.91. The minimum Gasteiger partial charge on any atom is -0.452 e. The molecule has 0 radical (unpaired) electrons. The lowest BCUT2D eigenvalue weighted by Crippen LogP contribution is -2.28. The lowest BCUT2D eigenvalue weighted by molar-refractivity contribution is -0.124. The van der Waals surface area contributed by atoms with E-state index in [0.29, 0.717) is 16.6 Å². The Morgan fingerprint density at radius 2 is 2.25 bits per heavy atom. The zero-order valence-electron chi connectivity index (χ0n) is 8.70. The van der Waals surface area contributed by atoms with Gasteiger partial charge in [-0.25, -0.2) is 4.79 Å². The highest BCUT2D eigenvalue weighted by Crippen LogP contribution is 2.10. The number of nitrogens with zero attached hydrogens (tertiary/aromatic N) is 1. The van der Waals surface area contributed by atoms with Crippen molar-refractivity contribution in [3.8, 4) is 0 Å². The molecule has 1 amide bonds. The highest BCUT2D eigenvalue weighted by atomic mass is 79.9. The Bertz CT molecular complexity index is 395. The standard InChI is InChI=1S/C10H11BrN2O3/c1-2-13-9(14)6-16-10(15)7-3-8(11)5-12-4-7/h3-5H,2,6H2,1H3,(H,13,14). The van der Waals surface area contributed by atoms with Crippen molar-refractivity contribution < 1.29 is 14.3 Å². The second-order valence-corrected chi connectivity index (χ2v) is 3.84. The van der Waals surface area contributed by atoms with E-state index in [0.717, 1.165) is 0 Å². The van der Waals surface area contributed by atoms with E-state index in [1.807, 2.05) is 0 Å². The van der Waals surface area contributed by atoms with Crippen molar-refractivity contribution in [3.63, 3.8) is 0 Å². The molecule has 0 saturated heterocycles. The topological polar surface area (TPSA) is 68.3 Å². The van der Waals surface area contributed by atoms with Gasteiger partial charge in [-0.3, -0.25) is 9.78 Å². The molecular weight excluding hydrogens is 276 g/mol. The number of carbonyl (C=O) groups is 2. The number of carbonyl (C=O) groups excluding carboxylic acids is 2. The molecule has 0 aliphatic rings. The molecule has 0 saturated carbocycles. The number of hydrogen-bond donors (Lipinski definition) is 1. The molecular formula is C10H11BrN2O3. The molecule has 1 aromatic heterocycles. The number of aromatic nitrogens is 1. The number of esters is 1. The zero-order valence-corrected chi connectivity index (χ0v) is 10.3. The minimum absolute atomic E-state index is 0.279. The number of nitrogens with one attached hydrogen (secondary N) is 1. The maximum absolute atomic E-state index is 11.4. The number of likely N-dealkylation sites (N-methyl/N-ethyl adjacent to an activating group) is 1. The van der Waals surface area contributed by atoms with Gasteiger partial charge >= 0.3 is 5.97 Å². The van der Waals surface area contributed by atoms with E-state index in [1.165, 1.54) is 6.20 Å². The fourth-order valence-electron chi connectivity index (χ4n) is 0.986. The zero-order chi connectivity index (χ0) is 12.0. The summed E-state index contributed by atoms with van der Waals surface area (Å²) in [5.74, 6) is -0.890. The summed E-state index contributed by atoms with van der Waals surface area (Å²) in [5.41, 5.74) is 0.304. The smallest absolute Gasteiger partial charge is 0.340 e. The molecule has 0 aliphatic heterocycles. The lowest BCUT2D eigenvalue weighted by atomic mass is 10.3. The molecule has 0 bridgehead atoms. The van der Waals surface area contributed by atoms with Crippen molar-refractivity contribution in [2.24, 2.45) is 0 Å². The first kappa shape index (κ1) is 12.6. The van der Waals surface area contributed by atoms with E-state index < -0.39 is 5.97 Å². The first-order valence-corrected chi connectivity index (χ1v) is 5.47. The molecule has 0 aromatic carbocycles. The molecule has 1 rings (SSSR count). The van der Waals surface area contributed by atoms with Crippen LogP contribution in [-0.2, 0) is 9.53 Å². The van der Waals surface area contributed by atoms with Crippen LogP contribution in [0.1, 0.15) is 17.3 Å². The predicted molar refractivity (Wildman–Crippen MR) is 60.9 cm³/mol. The molecule has 1 heterocycles. The fourth-order valence-corrected chi connectivity index (χ4v) is 1.35. The average Bonchev–Trinajstić information content (AvgIpc) is 2.26. The van der Waals surface area contributed by atoms with Gasteiger partial charge in [0.25, 0.3) is 5.91 Å². The number of hydrogen-bond acceptors (Lipinski definition) is 4. The third-order valence-electron chi connectivity index (χ3n) is 1.65. The largest absolute Gasteiger partial charge is 0.452 e. The molecule has 0 aliphatic carbocycles. The van der Waals surface area contributed by atoms with Crippen LogP contribution in [0.25, 0.3) is 0 Å².